The molecule has 0 amide bonds. The van der Waals surface area contributed by atoms with Gasteiger partial charge in [0.15, 0.2) is 0 Å². The fourth-order valence-corrected chi connectivity index (χ4v) is 2.18. The predicted octanol–water partition coefficient (Wildman–Crippen LogP) is 2.34. The molecule has 0 saturated carbocycles. The number of nitrogens with two attached hydrogens (primary N) is 1. The molecular formula is C13H21N3O. The Labute approximate surface area is 103 Å². The second kappa shape index (κ2) is 4.53. The molecule has 94 valence electrons. The first-order valence-corrected chi connectivity index (χ1v) is 6.09. The van der Waals surface area contributed by atoms with Crippen LogP contribution in [-0.4, -0.2) is 23.2 Å². The topological polar surface area (TPSA) is 60.2 Å². The van der Waals surface area contributed by atoms with Crippen LogP contribution in [0.4, 0.5) is 11.5 Å². The van der Waals surface area contributed by atoms with E-state index in [1.807, 2.05) is 19.2 Å². The average Bonchev–Trinajstić information content (AvgIpc) is 2.22. The van der Waals surface area contributed by atoms with Crippen LogP contribution in [-0.2, 0) is 4.74 Å². The van der Waals surface area contributed by atoms with Gasteiger partial charge in [0.2, 0.25) is 0 Å². The Morgan fingerprint density at radius 2 is 2.29 bits per heavy atom. The van der Waals surface area contributed by atoms with Gasteiger partial charge >= 0.3 is 0 Å². The third-order valence-corrected chi connectivity index (χ3v) is 3.19. The zero-order valence-electron chi connectivity index (χ0n) is 10.8. The van der Waals surface area contributed by atoms with Gasteiger partial charge in [0.1, 0.15) is 5.82 Å². The lowest BCUT2D eigenvalue weighted by Gasteiger charge is -2.36. The van der Waals surface area contributed by atoms with Crippen LogP contribution >= 0.6 is 0 Å². The predicted molar refractivity (Wildman–Crippen MR) is 70.1 cm³/mol. The molecule has 1 aromatic rings. The minimum atomic E-state index is -0.0494. The highest BCUT2D eigenvalue weighted by Gasteiger charge is 2.28. The van der Waals surface area contributed by atoms with Crippen molar-refractivity contribution in [2.75, 3.05) is 17.7 Å². The number of nitrogens with zero attached hydrogens (tertiary/aromatic N) is 1. The minimum Gasteiger partial charge on any atom is -0.398 e. The number of anilines is 2. The van der Waals surface area contributed by atoms with E-state index in [0.29, 0.717) is 6.04 Å². The first-order chi connectivity index (χ1) is 7.96. The summed E-state index contributed by atoms with van der Waals surface area (Å²) in [6, 6.07) is 2.31. The lowest BCUT2D eigenvalue weighted by atomic mass is 9.94. The van der Waals surface area contributed by atoms with Gasteiger partial charge in [-0.15, -0.1) is 0 Å². The number of rotatable bonds is 2. The third kappa shape index (κ3) is 3.09. The highest BCUT2D eigenvalue weighted by atomic mass is 16.5. The van der Waals surface area contributed by atoms with Crippen LogP contribution in [0, 0.1) is 6.92 Å². The zero-order valence-corrected chi connectivity index (χ0v) is 10.8. The van der Waals surface area contributed by atoms with Gasteiger partial charge in [0, 0.05) is 30.6 Å². The van der Waals surface area contributed by atoms with E-state index in [1.165, 1.54) is 0 Å². The quantitative estimate of drug-likeness (QED) is 0.826. The fraction of sp³-hybridized carbons (Fsp3) is 0.615. The van der Waals surface area contributed by atoms with E-state index in [-0.39, 0.29) is 5.60 Å². The maximum absolute atomic E-state index is 5.87. The second-order valence-corrected chi connectivity index (χ2v) is 5.37. The van der Waals surface area contributed by atoms with Crippen LogP contribution in [0.5, 0.6) is 0 Å². The van der Waals surface area contributed by atoms with E-state index in [1.54, 1.807) is 0 Å². The first kappa shape index (κ1) is 12.2. The summed E-state index contributed by atoms with van der Waals surface area (Å²) in [4.78, 5) is 4.35. The van der Waals surface area contributed by atoms with Crippen molar-refractivity contribution in [3.05, 3.63) is 17.8 Å². The largest absolute Gasteiger partial charge is 0.398 e. The van der Waals surface area contributed by atoms with E-state index in [2.05, 4.69) is 24.1 Å². The number of nitrogens with one attached hydrogen (secondary N) is 1. The lowest BCUT2D eigenvalue weighted by molar-refractivity contribution is -0.0553. The lowest BCUT2D eigenvalue weighted by Crippen LogP contribution is -2.40. The summed E-state index contributed by atoms with van der Waals surface area (Å²) in [7, 11) is 0. The third-order valence-electron chi connectivity index (χ3n) is 3.19. The Morgan fingerprint density at radius 3 is 2.94 bits per heavy atom. The minimum absolute atomic E-state index is 0.0494. The van der Waals surface area contributed by atoms with Crippen molar-refractivity contribution in [3.63, 3.8) is 0 Å². The van der Waals surface area contributed by atoms with Gasteiger partial charge in [0.25, 0.3) is 0 Å². The van der Waals surface area contributed by atoms with Crippen molar-refractivity contribution in [3.8, 4) is 0 Å². The molecule has 0 bridgehead atoms. The highest BCUT2D eigenvalue weighted by Crippen LogP contribution is 2.26. The zero-order chi connectivity index (χ0) is 12.5. The van der Waals surface area contributed by atoms with Gasteiger partial charge in [0.05, 0.1) is 5.60 Å². The molecule has 1 saturated heterocycles. The summed E-state index contributed by atoms with van der Waals surface area (Å²) in [5, 5.41) is 3.43. The maximum Gasteiger partial charge on any atom is 0.128 e. The van der Waals surface area contributed by atoms with Gasteiger partial charge in [-0.1, -0.05) is 0 Å². The number of aromatic nitrogens is 1. The Morgan fingerprint density at radius 1 is 1.53 bits per heavy atom. The Hall–Kier alpha value is -1.29. The van der Waals surface area contributed by atoms with Crippen molar-refractivity contribution in [1.29, 1.82) is 0 Å². The smallest absolute Gasteiger partial charge is 0.128 e. The number of pyridine rings is 1. The number of nitrogen functional groups attached to an aromatic ring is 1. The maximum atomic E-state index is 5.87. The number of hydrogen-bond donors (Lipinski definition) is 2. The van der Waals surface area contributed by atoms with E-state index >= 15 is 0 Å². The molecule has 1 aromatic heterocycles. The fourth-order valence-electron chi connectivity index (χ4n) is 2.18. The van der Waals surface area contributed by atoms with Gasteiger partial charge in [-0.25, -0.2) is 4.98 Å². The van der Waals surface area contributed by atoms with Gasteiger partial charge in [-0.05, 0) is 39.2 Å². The van der Waals surface area contributed by atoms with Gasteiger partial charge in [-0.2, -0.15) is 0 Å². The van der Waals surface area contributed by atoms with E-state index in [9.17, 15) is 0 Å². The second-order valence-electron chi connectivity index (χ2n) is 5.37. The molecule has 2 heterocycles. The summed E-state index contributed by atoms with van der Waals surface area (Å²) < 4.78 is 5.69. The molecule has 4 heteroatoms. The molecule has 2 rings (SSSR count). The standard InChI is InChI=1S/C13H21N3O/c1-9-8-15-12(6-11(9)14)16-10-4-5-17-13(2,3)7-10/h6,8,10H,4-5,7H2,1-3H3,(H3,14,15,16). The molecule has 1 aliphatic rings. The molecule has 4 nitrogen and oxygen atoms in total. The molecule has 1 unspecified atom stereocenters. The summed E-state index contributed by atoms with van der Waals surface area (Å²) in [6.45, 7) is 7.01. The van der Waals surface area contributed by atoms with Crippen LogP contribution in [0.2, 0.25) is 0 Å². The van der Waals surface area contributed by atoms with Crippen LogP contribution in [0.15, 0.2) is 12.3 Å². The van der Waals surface area contributed by atoms with Crippen LogP contribution in [0.1, 0.15) is 32.3 Å². The normalized spacial score (nSPS) is 23.4. The van der Waals surface area contributed by atoms with Crippen molar-refractivity contribution in [2.24, 2.45) is 0 Å². The van der Waals surface area contributed by atoms with Crippen molar-refractivity contribution < 1.29 is 4.74 Å². The van der Waals surface area contributed by atoms with Crippen molar-refractivity contribution in [2.45, 2.75) is 45.3 Å². The van der Waals surface area contributed by atoms with Crippen molar-refractivity contribution >= 4 is 11.5 Å². The Bertz CT molecular complexity index is 404. The Balaban J connectivity index is 2.03. The molecule has 17 heavy (non-hydrogen) atoms. The monoisotopic (exact) mass is 235 g/mol. The summed E-state index contributed by atoms with van der Waals surface area (Å²) >= 11 is 0. The Kier molecular flexibility index (Phi) is 3.24. The van der Waals surface area contributed by atoms with Crippen LogP contribution in [0.25, 0.3) is 0 Å². The number of ether oxygens (including phenoxy) is 1. The molecule has 3 N–H and O–H groups in total. The molecule has 1 atom stereocenters. The molecule has 0 spiro atoms. The average molecular weight is 235 g/mol. The van der Waals surface area contributed by atoms with Crippen LogP contribution < -0.4 is 11.1 Å². The van der Waals surface area contributed by atoms with Crippen LogP contribution in [0.3, 0.4) is 0 Å². The SMILES string of the molecule is Cc1cnc(NC2CCOC(C)(C)C2)cc1N. The highest BCUT2D eigenvalue weighted by molar-refractivity contribution is 5.53. The van der Waals surface area contributed by atoms with E-state index < -0.39 is 0 Å². The molecule has 0 aliphatic carbocycles. The van der Waals surface area contributed by atoms with Crippen molar-refractivity contribution in [1.82, 2.24) is 4.98 Å². The summed E-state index contributed by atoms with van der Waals surface area (Å²) in [6.07, 6.45) is 3.81. The summed E-state index contributed by atoms with van der Waals surface area (Å²) in [5.41, 5.74) is 7.63. The molecule has 0 aromatic carbocycles. The van der Waals surface area contributed by atoms with E-state index in [4.69, 9.17) is 10.5 Å². The first-order valence-electron chi connectivity index (χ1n) is 6.09. The summed E-state index contributed by atoms with van der Waals surface area (Å²) in [5.74, 6) is 0.857. The molecule has 0 radical (unpaired) electrons. The molecule has 1 fully saturated rings. The van der Waals surface area contributed by atoms with E-state index in [0.717, 1.165) is 36.5 Å². The number of aryl methyl sites for hydroxylation is 1. The van der Waals surface area contributed by atoms with Gasteiger partial charge in [-0.3, -0.25) is 0 Å². The molecule has 1 aliphatic heterocycles. The molecular weight excluding hydrogens is 214 g/mol. The van der Waals surface area contributed by atoms with Gasteiger partial charge < -0.3 is 15.8 Å². The number of hydrogen-bond acceptors (Lipinski definition) is 4.